The minimum Gasteiger partial charge on any atom is -0.461 e. The van der Waals surface area contributed by atoms with Crippen molar-refractivity contribution in [3.05, 3.63) is 280 Å². The van der Waals surface area contributed by atoms with E-state index in [4.69, 9.17) is 9.15 Å². The summed E-state index contributed by atoms with van der Waals surface area (Å²) in [4.78, 5) is 0. The summed E-state index contributed by atoms with van der Waals surface area (Å²) in [6.45, 7) is 34.0. The van der Waals surface area contributed by atoms with Crippen LogP contribution in [0.5, 0.6) is 5.75 Å². The molecule has 0 N–H and O–H groups in total. The number of allylic oxidation sites excluding steroid dienone is 9. The first kappa shape index (κ1) is 60.3. The summed E-state index contributed by atoms with van der Waals surface area (Å²) < 4.78 is 11.8. The molecule has 79 heavy (non-hydrogen) atoms. The third-order valence-electron chi connectivity index (χ3n) is 14.6. The van der Waals surface area contributed by atoms with Gasteiger partial charge >= 0.3 is 0 Å². The van der Waals surface area contributed by atoms with E-state index in [-0.39, 0.29) is 5.41 Å². The summed E-state index contributed by atoms with van der Waals surface area (Å²) in [5, 5.41) is 2.36. The summed E-state index contributed by atoms with van der Waals surface area (Å²) >= 11 is 0. The number of aryl methyl sites for hydroxylation is 5. The molecule has 406 valence electrons. The molecule has 0 radical (unpaired) electrons. The molecule has 11 rings (SSSR count). The van der Waals surface area contributed by atoms with E-state index in [1.807, 2.05) is 58.0 Å². The summed E-state index contributed by atoms with van der Waals surface area (Å²) in [6.07, 6.45) is 12.8. The van der Waals surface area contributed by atoms with Crippen molar-refractivity contribution in [1.29, 1.82) is 0 Å². The van der Waals surface area contributed by atoms with E-state index in [0.29, 0.717) is 0 Å². The second-order valence-electron chi connectivity index (χ2n) is 20.4. The Morgan fingerprint density at radius 1 is 0.570 bits per heavy atom. The molecule has 0 atom stereocenters. The molecular formula is C77H86O2. The van der Waals surface area contributed by atoms with Crippen LogP contribution in [0.1, 0.15) is 132 Å². The van der Waals surface area contributed by atoms with Gasteiger partial charge in [0.1, 0.15) is 22.7 Å². The van der Waals surface area contributed by atoms with Crippen LogP contribution >= 0.6 is 0 Å². The molecule has 1 aliphatic heterocycles. The second kappa shape index (κ2) is 29.2. The largest absolute Gasteiger partial charge is 0.461 e. The predicted octanol–water partition coefficient (Wildman–Crippen LogP) is 22.7. The molecule has 0 bridgehead atoms. The van der Waals surface area contributed by atoms with E-state index in [9.17, 15) is 0 Å². The zero-order chi connectivity index (χ0) is 57.1. The zero-order valence-electron chi connectivity index (χ0n) is 50.0. The molecule has 0 fully saturated rings. The normalized spacial score (nSPS) is 13.4. The summed E-state index contributed by atoms with van der Waals surface area (Å²) in [7, 11) is 0. The number of hydrogen-bond acceptors (Lipinski definition) is 2. The fourth-order valence-corrected chi connectivity index (χ4v) is 10.2. The lowest BCUT2D eigenvalue weighted by Crippen LogP contribution is -2.16. The number of rotatable bonds is 9. The molecule has 2 heteroatoms. The van der Waals surface area contributed by atoms with Gasteiger partial charge in [0.2, 0.25) is 0 Å². The van der Waals surface area contributed by atoms with Crippen molar-refractivity contribution < 1.29 is 9.15 Å². The molecule has 0 amide bonds. The predicted molar refractivity (Wildman–Crippen MR) is 346 cm³/mol. The number of ether oxygens (including phenoxy) is 1. The zero-order valence-corrected chi connectivity index (χ0v) is 50.0. The number of fused-ring (bicyclic) bond motifs is 5. The number of para-hydroxylation sites is 2. The van der Waals surface area contributed by atoms with E-state index in [1.54, 1.807) is 0 Å². The van der Waals surface area contributed by atoms with Crippen LogP contribution < -0.4 is 4.74 Å². The molecule has 9 aromatic rings. The molecule has 2 nitrogen and oxygen atoms in total. The van der Waals surface area contributed by atoms with Crippen molar-refractivity contribution in [2.24, 2.45) is 0 Å². The van der Waals surface area contributed by atoms with Crippen LogP contribution in [0.2, 0.25) is 0 Å². The number of furan rings is 1. The summed E-state index contributed by atoms with van der Waals surface area (Å²) in [6, 6.07) is 64.2. The second-order valence-corrected chi connectivity index (χ2v) is 20.4. The third-order valence-corrected chi connectivity index (χ3v) is 14.6. The highest BCUT2D eigenvalue weighted by atomic mass is 16.5. The number of hydrogen-bond donors (Lipinski definition) is 0. The molecule has 0 saturated heterocycles. The van der Waals surface area contributed by atoms with Gasteiger partial charge in [-0.25, -0.2) is 0 Å². The van der Waals surface area contributed by atoms with Gasteiger partial charge in [-0.2, -0.15) is 0 Å². The third kappa shape index (κ3) is 15.0. The lowest BCUT2D eigenvalue weighted by molar-refractivity contribution is 0.446. The fourth-order valence-electron chi connectivity index (χ4n) is 10.2. The highest BCUT2D eigenvalue weighted by Crippen LogP contribution is 2.48. The first-order valence-corrected chi connectivity index (χ1v) is 28.8. The summed E-state index contributed by atoms with van der Waals surface area (Å²) in [5.74, 6) is 1.96. The topological polar surface area (TPSA) is 22.4 Å². The van der Waals surface area contributed by atoms with E-state index in [1.165, 1.54) is 99.8 Å². The molecule has 1 aromatic heterocycles. The van der Waals surface area contributed by atoms with E-state index >= 15 is 0 Å². The molecule has 0 saturated carbocycles. The molecule has 2 aliphatic rings. The van der Waals surface area contributed by atoms with Gasteiger partial charge in [0.05, 0.1) is 0 Å². The maximum atomic E-state index is 5.93. The summed E-state index contributed by atoms with van der Waals surface area (Å²) in [5.41, 5.74) is 24.5. The average molecular weight is 1040 g/mol. The monoisotopic (exact) mass is 1040 g/mol. The van der Waals surface area contributed by atoms with E-state index < -0.39 is 0 Å². The van der Waals surface area contributed by atoms with Crippen LogP contribution in [0.3, 0.4) is 0 Å². The molecule has 0 unspecified atom stereocenters. The Hall–Kier alpha value is -7.94. The van der Waals surface area contributed by atoms with Gasteiger partial charge in [-0.1, -0.05) is 262 Å². The maximum absolute atomic E-state index is 5.93. The van der Waals surface area contributed by atoms with Crippen LogP contribution in [-0.2, 0) is 18.3 Å². The highest BCUT2D eigenvalue weighted by molar-refractivity contribution is 6.06. The molecule has 1 aliphatic carbocycles. The van der Waals surface area contributed by atoms with Crippen LogP contribution in [0.4, 0.5) is 0 Å². The van der Waals surface area contributed by atoms with Gasteiger partial charge in [0.15, 0.2) is 0 Å². The molecule has 0 spiro atoms. The van der Waals surface area contributed by atoms with Crippen molar-refractivity contribution in [2.75, 3.05) is 0 Å². The average Bonchev–Trinajstić information content (AvgIpc) is 4.27. The highest BCUT2D eigenvalue weighted by Gasteiger charge is 2.35. The van der Waals surface area contributed by atoms with Gasteiger partial charge in [0.25, 0.3) is 0 Å². The smallest absolute Gasteiger partial charge is 0.135 e. The van der Waals surface area contributed by atoms with Crippen molar-refractivity contribution in [1.82, 2.24) is 0 Å². The fraction of sp³-hybridized carbons (Fsp3) is 0.247. The van der Waals surface area contributed by atoms with Gasteiger partial charge in [-0.15, -0.1) is 0 Å². The van der Waals surface area contributed by atoms with E-state index in [2.05, 4.69) is 252 Å². The standard InChI is InChI=1S/C21H20O.C20H16O.C18H24.C14H14.2C2H6/c1-4-19(20-11-7-5-9-15(20)2)16(3)13-18-14-17-10-6-8-12-21(17)22-18;1-2-14-7-9-15(10-8-14)16-11-12-20-18(13-16)17-5-3-4-6-19(17)21-20;1-6-8-9-16-14(7-2)15-11-10-13(3)12-17(15)18(16,4)5;1-11-3-7-13(8-4-11)14-9-5-12(2)6-10-14;2*1-2/h4-13H,1,14H2,2-3H3;3-13H,2H2,1H3;8-12H,6-7H2,1-5H3;3-10H,1-2H3;2*1-2H3/b18-13+,19-16+;;9-8-;;;. The van der Waals surface area contributed by atoms with Crippen molar-refractivity contribution in [3.63, 3.8) is 0 Å². The Balaban J connectivity index is 0.000000168. The Bertz CT molecular complexity index is 3480. The quantitative estimate of drug-likeness (QED) is 0.134. The Morgan fingerprint density at radius 2 is 1.13 bits per heavy atom. The minimum atomic E-state index is 0.151. The van der Waals surface area contributed by atoms with Crippen molar-refractivity contribution in [3.8, 4) is 28.0 Å². The Labute approximate surface area is 475 Å². The van der Waals surface area contributed by atoms with Crippen LogP contribution in [-0.4, -0.2) is 0 Å². The lowest BCUT2D eigenvalue weighted by Gasteiger charge is -2.23. The van der Waals surface area contributed by atoms with Gasteiger partial charge < -0.3 is 9.15 Å². The van der Waals surface area contributed by atoms with Crippen LogP contribution in [0.15, 0.2) is 234 Å². The lowest BCUT2D eigenvalue weighted by atomic mass is 9.80. The molecule has 8 aromatic carbocycles. The maximum Gasteiger partial charge on any atom is 0.135 e. The van der Waals surface area contributed by atoms with Crippen molar-refractivity contribution in [2.45, 2.75) is 128 Å². The van der Waals surface area contributed by atoms with Crippen molar-refractivity contribution >= 4 is 33.1 Å². The van der Waals surface area contributed by atoms with E-state index in [0.717, 1.165) is 53.9 Å². The minimum absolute atomic E-state index is 0.151. The van der Waals surface area contributed by atoms with Crippen LogP contribution in [0.25, 0.3) is 55.3 Å². The van der Waals surface area contributed by atoms with Gasteiger partial charge in [0, 0.05) is 28.2 Å². The first-order chi connectivity index (χ1) is 38.3. The Kier molecular flexibility index (Phi) is 22.2. The Morgan fingerprint density at radius 3 is 1.73 bits per heavy atom. The SMILES string of the molecule is C=C/C(=C(C)\C=C1/Cc2ccccc2O1)c1ccccc1C.CC.CC.CC/C=C\C1=C(CC)c2ccc(C)cc2C1(C)C.CCc1ccc(-c2ccc3oc4ccccc4c3c2)cc1.Cc1ccc(-c2ccc(C)cc2)cc1. The molecule has 2 heterocycles. The van der Waals surface area contributed by atoms with Gasteiger partial charge in [-0.3, -0.25) is 0 Å². The number of benzene rings is 8. The van der Waals surface area contributed by atoms with Crippen LogP contribution in [0, 0.1) is 27.7 Å². The molecular weight excluding hydrogens is 957 g/mol. The first-order valence-electron chi connectivity index (χ1n) is 28.8. The van der Waals surface area contributed by atoms with Gasteiger partial charge in [-0.05, 0) is 157 Å².